The molecule has 8 heterocycles. The molecule has 2 atom stereocenters. The Bertz CT molecular complexity index is 2980. The molecule has 20 heteroatoms. The summed E-state index contributed by atoms with van der Waals surface area (Å²) in [6, 6.07) is 27.1. The van der Waals surface area contributed by atoms with E-state index in [1.165, 1.54) is 25.4 Å². The van der Waals surface area contributed by atoms with E-state index in [0.29, 0.717) is 60.6 Å². The second-order valence-electron chi connectivity index (χ2n) is 19.9. The molecule has 412 valence electrons. The van der Waals surface area contributed by atoms with Crippen LogP contribution >= 0.6 is 11.6 Å². The van der Waals surface area contributed by atoms with E-state index in [9.17, 15) is 9.59 Å². The Kier molecular flexibility index (Phi) is 20.2. The molecule has 0 spiro atoms. The Morgan fingerprint density at radius 3 is 1.60 bits per heavy atom. The zero-order valence-electron chi connectivity index (χ0n) is 45.6. The van der Waals surface area contributed by atoms with Gasteiger partial charge in [0.25, 0.3) is 0 Å². The fourth-order valence-electron chi connectivity index (χ4n) is 9.87. The number of urea groups is 2. The van der Waals surface area contributed by atoms with Crippen LogP contribution in [0.1, 0.15) is 50.7 Å². The number of carbonyl (C=O) groups excluding carboxylic acids is 2. The first kappa shape index (κ1) is 57.2. The summed E-state index contributed by atoms with van der Waals surface area (Å²) in [5, 5.41) is 24.1. The molecule has 4 fully saturated rings. The third-order valence-corrected chi connectivity index (χ3v) is 14.9. The standard InChI is InChI=1S/C29H35N5O3.C23H29ClN4O2.C6H8BNO3/c1-4-21-8-10-34(19-21)29(35)31-24-6-5-20(2)25(18-24)23-15-26(22-7-9-30-28(17-22)36-3)32-27(16-23)33-11-13-37-14-12-33;1-3-17-6-7-28(15-17)23(29)25-19-5-4-16(2)20(14-19)18-12-21(24)26-22(13-18)27-8-10-30-11-9-27;1-11-6-4-5(7(9)10)2-3-8-6/h5-7,9,15-18,21H,4,8,10-14,19H2,1-3H3,(H,31,35);4-5,12-14,17H,3,6-11,15H2,1-2H3,(H,25,29);2-4,9-10H,1H3/t21-;17-;/m11./s1. The summed E-state index contributed by atoms with van der Waals surface area (Å²) >= 11 is 6.36. The summed E-state index contributed by atoms with van der Waals surface area (Å²) in [6.45, 7) is 17.8. The van der Waals surface area contributed by atoms with Gasteiger partial charge in [-0.2, -0.15) is 0 Å². The molecule has 2 aromatic carbocycles. The number of nitrogens with zero attached hydrogens (tertiary/aromatic N) is 8. The lowest BCUT2D eigenvalue weighted by atomic mass is 9.81. The van der Waals surface area contributed by atoms with Gasteiger partial charge in [0.15, 0.2) is 0 Å². The van der Waals surface area contributed by atoms with Crippen molar-refractivity contribution >= 4 is 59.3 Å². The Labute approximate surface area is 463 Å². The zero-order chi connectivity index (χ0) is 55.1. The molecule has 0 radical (unpaired) electrons. The quantitative estimate of drug-likeness (QED) is 0.0669. The van der Waals surface area contributed by atoms with E-state index in [4.69, 9.17) is 45.6 Å². The van der Waals surface area contributed by atoms with Gasteiger partial charge in [-0.15, -0.1) is 0 Å². The van der Waals surface area contributed by atoms with E-state index in [-0.39, 0.29) is 12.1 Å². The molecule has 0 saturated carbocycles. The smallest absolute Gasteiger partial charge is 0.481 e. The number of hydrogen-bond donors (Lipinski definition) is 4. The third kappa shape index (κ3) is 15.2. The number of halogens is 1. The van der Waals surface area contributed by atoms with E-state index in [1.54, 1.807) is 13.3 Å². The molecular weight excluding hydrogens is 1010 g/mol. The van der Waals surface area contributed by atoms with Crippen LogP contribution < -0.4 is 35.4 Å². The summed E-state index contributed by atoms with van der Waals surface area (Å²) in [7, 11) is 1.62. The van der Waals surface area contributed by atoms with Gasteiger partial charge in [-0.05, 0) is 138 Å². The summed E-state index contributed by atoms with van der Waals surface area (Å²) in [6.07, 6.45) is 7.58. The normalized spacial score (nSPS) is 17.1. The maximum Gasteiger partial charge on any atom is 0.488 e. The number of hydrogen-bond acceptors (Lipinski definition) is 14. The second kappa shape index (κ2) is 27.5. The van der Waals surface area contributed by atoms with Crippen molar-refractivity contribution in [2.75, 3.05) is 113 Å². The maximum atomic E-state index is 12.9. The maximum absolute atomic E-state index is 12.9. The van der Waals surface area contributed by atoms with E-state index in [2.05, 4.69) is 93.4 Å². The van der Waals surface area contributed by atoms with Gasteiger partial charge in [-0.3, -0.25) is 0 Å². The van der Waals surface area contributed by atoms with Crippen molar-refractivity contribution < 1.29 is 38.6 Å². The first-order chi connectivity index (χ1) is 37.8. The highest BCUT2D eigenvalue weighted by atomic mass is 35.5. The molecule has 4 saturated heterocycles. The SMILES string of the molecule is CC[C@@H]1CCN(C(=O)Nc2ccc(C)c(-c3cc(-c4ccnc(OC)c4)nc(N4CCOCC4)c3)c2)C1.CC[C@@H]1CCN(C(=O)Nc2ccc(C)c(-c3cc(Cl)nc(N4CCOCC4)c3)c2)C1.COc1cc(B(O)O)ccn1. The van der Waals surface area contributed by atoms with Crippen LogP contribution in [0.2, 0.25) is 5.15 Å². The molecule has 4 aliphatic rings. The van der Waals surface area contributed by atoms with Crippen LogP contribution in [0.3, 0.4) is 0 Å². The number of pyridine rings is 4. The van der Waals surface area contributed by atoms with Crippen LogP contribution in [0, 0.1) is 25.7 Å². The van der Waals surface area contributed by atoms with Crippen LogP contribution in [0.15, 0.2) is 97.3 Å². The highest BCUT2D eigenvalue weighted by Crippen LogP contribution is 2.35. The first-order valence-electron chi connectivity index (χ1n) is 26.9. The minimum absolute atomic E-state index is 0.0254. The molecule has 4 aliphatic heterocycles. The molecular formula is C58H72BClN10O8. The first-order valence-corrected chi connectivity index (χ1v) is 27.2. The molecule has 78 heavy (non-hydrogen) atoms. The fraction of sp³-hybridized carbons (Fsp3) is 0.414. The number of ether oxygens (including phenoxy) is 4. The van der Waals surface area contributed by atoms with Crippen molar-refractivity contribution in [2.24, 2.45) is 11.8 Å². The molecule has 4 amide bonds. The molecule has 18 nitrogen and oxygen atoms in total. The number of rotatable bonds is 12. The second-order valence-corrected chi connectivity index (χ2v) is 20.3. The Balaban J connectivity index is 0.000000175. The fourth-order valence-corrected chi connectivity index (χ4v) is 10.1. The number of likely N-dealkylation sites (tertiary alicyclic amines) is 2. The molecule has 10 rings (SSSR count). The van der Waals surface area contributed by atoms with Crippen LogP contribution in [0.4, 0.5) is 32.6 Å². The van der Waals surface area contributed by atoms with Crippen LogP contribution in [0.25, 0.3) is 33.5 Å². The molecule has 6 aromatic rings. The van der Waals surface area contributed by atoms with Gasteiger partial charge >= 0.3 is 19.2 Å². The zero-order valence-corrected chi connectivity index (χ0v) is 46.3. The lowest BCUT2D eigenvalue weighted by Crippen LogP contribution is -2.36. The number of benzene rings is 2. The van der Waals surface area contributed by atoms with Gasteiger partial charge in [0, 0.05) is 93.8 Å². The average molecular weight is 1080 g/mol. The van der Waals surface area contributed by atoms with E-state index in [0.717, 1.165) is 146 Å². The molecule has 4 aromatic heterocycles. The highest BCUT2D eigenvalue weighted by molar-refractivity contribution is 6.58. The number of carbonyl (C=O) groups is 2. The van der Waals surface area contributed by atoms with Crippen LogP contribution in [0.5, 0.6) is 11.8 Å². The lowest BCUT2D eigenvalue weighted by molar-refractivity contribution is 0.122. The number of methoxy groups -OCH3 is 2. The van der Waals surface area contributed by atoms with Crippen molar-refractivity contribution in [1.29, 1.82) is 0 Å². The molecule has 0 aliphatic carbocycles. The predicted molar refractivity (Wildman–Crippen MR) is 308 cm³/mol. The summed E-state index contributed by atoms with van der Waals surface area (Å²) in [5.41, 5.74) is 10.1. The van der Waals surface area contributed by atoms with Gasteiger partial charge in [0.1, 0.15) is 16.8 Å². The minimum atomic E-state index is -1.47. The van der Waals surface area contributed by atoms with Crippen molar-refractivity contribution in [3.63, 3.8) is 0 Å². The average Bonchev–Trinajstić information content (AvgIpc) is 4.24. The molecule has 4 N–H and O–H groups in total. The minimum Gasteiger partial charge on any atom is -0.481 e. The largest absolute Gasteiger partial charge is 0.488 e. The Morgan fingerprint density at radius 1 is 0.628 bits per heavy atom. The predicted octanol–water partition coefficient (Wildman–Crippen LogP) is 8.81. The van der Waals surface area contributed by atoms with Crippen molar-refractivity contribution in [3.05, 3.63) is 114 Å². The number of aromatic nitrogens is 4. The van der Waals surface area contributed by atoms with Gasteiger partial charge in [0.05, 0.1) is 46.3 Å². The summed E-state index contributed by atoms with van der Waals surface area (Å²) in [5.74, 6) is 3.89. The Hall–Kier alpha value is -7.03. The van der Waals surface area contributed by atoms with Crippen LogP contribution in [-0.2, 0) is 9.47 Å². The number of aryl methyl sites for hydroxylation is 2. The van der Waals surface area contributed by atoms with Gasteiger partial charge in [-0.25, -0.2) is 29.5 Å². The number of morpholine rings is 2. The van der Waals surface area contributed by atoms with E-state index < -0.39 is 7.12 Å². The van der Waals surface area contributed by atoms with Crippen LogP contribution in [-0.4, -0.2) is 152 Å². The molecule has 0 bridgehead atoms. The van der Waals surface area contributed by atoms with Gasteiger partial charge < -0.3 is 59.2 Å². The number of anilines is 4. The van der Waals surface area contributed by atoms with Gasteiger partial charge in [-0.1, -0.05) is 50.4 Å². The number of amides is 4. The Morgan fingerprint density at radius 2 is 1.12 bits per heavy atom. The summed E-state index contributed by atoms with van der Waals surface area (Å²) in [4.78, 5) is 51.5. The monoisotopic (exact) mass is 1080 g/mol. The lowest BCUT2D eigenvalue weighted by Gasteiger charge is -2.28. The van der Waals surface area contributed by atoms with Crippen molar-refractivity contribution in [1.82, 2.24) is 29.7 Å². The summed E-state index contributed by atoms with van der Waals surface area (Å²) < 4.78 is 21.1. The molecule has 0 unspecified atom stereocenters. The third-order valence-electron chi connectivity index (χ3n) is 14.7. The van der Waals surface area contributed by atoms with Gasteiger partial charge in [0.2, 0.25) is 11.8 Å². The van der Waals surface area contributed by atoms with E-state index >= 15 is 0 Å². The van der Waals surface area contributed by atoms with E-state index in [1.807, 2.05) is 52.3 Å². The highest BCUT2D eigenvalue weighted by Gasteiger charge is 2.27. The van der Waals surface area contributed by atoms with Crippen molar-refractivity contribution in [3.8, 4) is 45.3 Å². The topological polar surface area (TPSA) is 200 Å². The van der Waals surface area contributed by atoms with Crippen molar-refractivity contribution in [2.45, 2.75) is 53.4 Å². The number of nitrogens with one attached hydrogen (secondary N) is 2.